The van der Waals surface area contributed by atoms with Gasteiger partial charge in [0.1, 0.15) is 0 Å². The van der Waals surface area contributed by atoms with Crippen LogP contribution in [0.3, 0.4) is 0 Å². The third-order valence-corrected chi connectivity index (χ3v) is 7.78. The van der Waals surface area contributed by atoms with Crippen LogP contribution in [-0.2, 0) is 14.5 Å². The molecule has 1 saturated heterocycles. The highest BCUT2D eigenvalue weighted by Crippen LogP contribution is 2.37. The third-order valence-electron chi connectivity index (χ3n) is 5.61. The number of nitrogens with one attached hydrogen (secondary N) is 1. The van der Waals surface area contributed by atoms with Crippen molar-refractivity contribution in [2.45, 2.75) is 36.7 Å². The number of amides is 1. The van der Waals surface area contributed by atoms with Crippen molar-refractivity contribution in [2.75, 3.05) is 27.2 Å². The number of hydrogen-bond donors (Lipinski definition) is 1. The molecule has 1 aliphatic rings. The van der Waals surface area contributed by atoms with E-state index in [0.29, 0.717) is 11.4 Å². The Labute approximate surface area is 181 Å². The number of benzene rings is 2. The third kappa shape index (κ3) is 5.31. The second-order valence-electron chi connectivity index (χ2n) is 8.43. The van der Waals surface area contributed by atoms with Gasteiger partial charge in [-0.15, -0.1) is 0 Å². The van der Waals surface area contributed by atoms with Crippen LogP contribution in [0.1, 0.15) is 31.4 Å². The Balaban J connectivity index is 1.86. The minimum absolute atomic E-state index is 0.0281. The van der Waals surface area contributed by atoms with Crippen LogP contribution in [0.4, 0.5) is 0 Å². The summed E-state index contributed by atoms with van der Waals surface area (Å²) < 4.78 is 15.9. The minimum Gasteiger partial charge on any atom is -0.352 e. The quantitative estimate of drug-likeness (QED) is 0.691. The van der Waals surface area contributed by atoms with Crippen molar-refractivity contribution in [1.82, 2.24) is 14.5 Å². The average Bonchev–Trinajstić information content (AvgIpc) is 2.74. The lowest BCUT2D eigenvalue weighted by molar-refractivity contribution is -0.127. The van der Waals surface area contributed by atoms with E-state index in [1.54, 1.807) is 0 Å². The van der Waals surface area contributed by atoms with Gasteiger partial charge in [-0.05, 0) is 57.4 Å². The Kier molecular flexibility index (Phi) is 7.34. The SMILES string of the molecule is C=S(=O)(c1ccccc1)N1CC(C(=O)NC(C)CN(C)C)CCC1c1ccccc1. The van der Waals surface area contributed by atoms with Gasteiger partial charge in [-0.25, -0.2) is 8.51 Å². The summed E-state index contributed by atoms with van der Waals surface area (Å²) in [6, 6.07) is 19.6. The Morgan fingerprint density at radius 2 is 1.73 bits per heavy atom. The second-order valence-corrected chi connectivity index (χ2v) is 10.6. The molecule has 1 aliphatic heterocycles. The molecule has 4 unspecified atom stereocenters. The molecule has 3 rings (SSSR count). The molecule has 0 aliphatic carbocycles. The largest absolute Gasteiger partial charge is 0.352 e. The van der Waals surface area contributed by atoms with Crippen LogP contribution < -0.4 is 5.32 Å². The fraction of sp³-hybridized carbons (Fsp3) is 0.417. The Morgan fingerprint density at radius 1 is 1.13 bits per heavy atom. The van der Waals surface area contributed by atoms with Gasteiger partial charge in [-0.3, -0.25) is 4.79 Å². The van der Waals surface area contributed by atoms with Crippen molar-refractivity contribution < 1.29 is 9.00 Å². The molecule has 0 saturated carbocycles. The maximum Gasteiger partial charge on any atom is 0.224 e. The molecule has 0 bridgehead atoms. The molecule has 0 aromatic heterocycles. The molecule has 1 N–H and O–H groups in total. The standard InChI is InChI=1S/C24H33N3O2S/c1-19(17-26(2)3)25-24(28)21-15-16-23(20-11-7-5-8-12-20)27(18-21)30(4,29)22-13-9-6-10-14-22/h5-14,19,21,23H,4,15-18H2,1-3H3,(H,25,28). The van der Waals surface area contributed by atoms with Crippen molar-refractivity contribution in [3.05, 3.63) is 66.2 Å². The van der Waals surface area contributed by atoms with Crippen LogP contribution in [-0.4, -0.2) is 58.4 Å². The molecule has 0 spiro atoms. The van der Waals surface area contributed by atoms with Crippen molar-refractivity contribution in [1.29, 1.82) is 0 Å². The molecule has 1 heterocycles. The number of carbonyl (C=O) groups is 1. The highest BCUT2D eigenvalue weighted by molar-refractivity contribution is 7.98. The molecule has 1 amide bonds. The maximum absolute atomic E-state index is 13.9. The average molecular weight is 428 g/mol. The highest BCUT2D eigenvalue weighted by atomic mass is 32.2. The van der Waals surface area contributed by atoms with Gasteiger partial charge >= 0.3 is 0 Å². The van der Waals surface area contributed by atoms with Crippen molar-refractivity contribution in [3.63, 3.8) is 0 Å². The molecule has 2 aromatic carbocycles. The van der Waals surface area contributed by atoms with Crippen molar-refractivity contribution in [3.8, 4) is 0 Å². The highest BCUT2D eigenvalue weighted by Gasteiger charge is 2.37. The number of piperidine rings is 1. The predicted molar refractivity (Wildman–Crippen MR) is 125 cm³/mol. The Hall–Kier alpha value is -2.15. The van der Waals surface area contributed by atoms with Crippen molar-refractivity contribution >= 4 is 21.5 Å². The summed E-state index contributed by atoms with van der Waals surface area (Å²) in [5.41, 5.74) is 1.12. The summed E-state index contributed by atoms with van der Waals surface area (Å²) in [6.07, 6.45) is 1.53. The lowest BCUT2D eigenvalue weighted by Crippen LogP contribution is -2.49. The Bertz CT molecular complexity index is 929. The van der Waals surface area contributed by atoms with E-state index in [-0.39, 0.29) is 23.9 Å². The molecule has 2 aromatic rings. The number of rotatable bonds is 7. The van der Waals surface area contributed by atoms with E-state index in [1.807, 2.05) is 73.9 Å². The molecule has 5 nitrogen and oxygen atoms in total. The predicted octanol–water partition coefficient (Wildman–Crippen LogP) is 3.20. The monoisotopic (exact) mass is 427 g/mol. The summed E-state index contributed by atoms with van der Waals surface area (Å²) >= 11 is 0. The molecule has 30 heavy (non-hydrogen) atoms. The number of nitrogens with zero attached hydrogens (tertiary/aromatic N) is 2. The van der Waals surface area contributed by atoms with E-state index in [2.05, 4.69) is 28.2 Å². The fourth-order valence-electron chi connectivity index (χ4n) is 4.21. The van der Waals surface area contributed by atoms with Gasteiger partial charge in [0.05, 0.1) is 15.6 Å². The van der Waals surface area contributed by atoms with Gasteiger partial charge in [-0.1, -0.05) is 48.5 Å². The fourth-order valence-corrected chi connectivity index (χ4v) is 6.12. The van der Waals surface area contributed by atoms with Crippen LogP contribution in [0, 0.1) is 5.92 Å². The maximum atomic E-state index is 13.9. The zero-order chi connectivity index (χ0) is 21.7. The van der Waals surface area contributed by atoms with Crippen LogP contribution in [0.2, 0.25) is 0 Å². The van der Waals surface area contributed by atoms with Crippen LogP contribution in [0.15, 0.2) is 65.6 Å². The van der Waals surface area contributed by atoms with Crippen molar-refractivity contribution in [2.24, 2.45) is 5.92 Å². The van der Waals surface area contributed by atoms with E-state index in [9.17, 15) is 9.00 Å². The molecule has 162 valence electrons. The van der Waals surface area contributed by atoms with Gasteiger partial charge in [0.2, 0.25) is 5.91 Å². The first-order valence-electron chi connectivity index (χ1n) is 10.5. The summed E-state index contributed by atoms with van der Waals surface area (Å²) in [5, 5.41) is 3.13. The zero-order valence-electron chi connectivity index (χ0n) is 18.2. The van der Waals surface area contributed by atoms with E-state index in [1.165, 1.54) is 0 Å². The van der Waals surface area contributed by atoms with Crippen LogP contribution >= 0.6 is 0 Å². The molecule has 4 atom stereocenters. The van der Waals surface area contributed by atoms with Gasteiger partial charge in [0.15, 0.2) is 0 Å². The number of carbonyl (C=O) groups excluding carboxylic acids is 1. The van der Waals surface area contributed by atoms with E-state index in [0.717, 1.165) is 24.9 Å². The summed E-state index contributed by atoms with van der Waals surface area (Å²) in [7, 11) is 1.26. The molecular formula is C24H33N3O2S. The van der Waals surface area contributed by atoms with Crippen LogP contribution in [0.5, 0.6) is 0 Å². The summed E-state index contributed by atoms with van der Waals surface area (Å²) in [5.74, 6) is 3.97. The summed E-state index contributed by atoms with van der Waals surface area (Å²) in [6.45, 7) is 3.22. The van der Waals surface area contributed by atoms with E-state index >= 15 is 0 Å². The van der Waals surface area contributed by atoms with Gasteiger partial charge in [0, 0.05) is 30.1 Å². The first kappa shape index (κ1) is 22.5. The summed E-state index contributed by atoms with van der Waals surface area (Å²) in [4.78, 5) is 15.7. The lowest BCUT2D eigenvalue weighted by Gasteiger charge is -2.41. The van der Waals surface area contributed by atoms with Gasteiger partial charge in [0.25, 0.3) is 0 Å². The van der Waals surface area contributed by atoms with Crippen LogP contribution in [0.25, 0.3) is 0 Å². The van der Waals surface area contributed by atoms with E-state index < -0.39 is 9.71 Å². The topological polar surface area (TPSA) is 52.7 Å². The molecule has 1 fully saturated rings. The Morgan fingerprint density at radius 3 is 2.33 bits per heavy atom. The molecule has 0 radical (unpaired) electrons. The smallest absolute Gasteiger partial charge is 0.224 e. The first-order valence-corrected chi connectivity index (χ1v) is 12.2. The molecular weight excluding hydrogens is 394 g/mol. The van der Waals surface area contributed by atoms with Gasteiger partial charge < -0.3 is 10.2 Å². The number of likely N-dealkylation sites (N-methyl/N-ethyl adjacent to an activating group) is 1. The minimum atomic E-state index is -2.73. The second kappa shape index (κ2) is 9.77. The number of hydrogen-bond acceptors (Lipinski definition) is 3. The van der Waals surface area contributed by atoms with Gasteiger partial charge in [-0.2, -0.15) is 0 Å². The lowest BCUT2D eigenvalue weighted by atomic mass is 9.90. The zero-order valence-corrected chi connectivity index (χ0v) is 19.0. The molecule has 6 heteroatoms. The van der Waals surface area contributed by atoms with E-state index in [4.69, 9.17) is 0 Å². The first-order chi connectivity index (χ1) is 14.3. The normalized spacial score (nSPS) is 22.9.